The van der Waals surface area contributed by atoms with Crippen molar-refractivity contribution in [3.63, 3.8) is 0 Å². The van der Waals surface area contributed by atoms with Gasteiger partial charge in [-0.1, -0.05) is 30.3 Å². The monoisotopic (exact) mass is 365 g/mol. The Labute approximate surface area is 158 Å². The Hall–Kier alpha value is -2.66. The molecule has 0 radical (unpaired) electrons. The third kappa shape index (κ3) is 4.92. The fourth-order valence-electron chi connectivity index (χ4n) is 2.46. The molecule has 1 aromatic heterocycles. The molecule has 0 aliphatic heterocycles. The third-order valence-corrected chi connectivity index (χ3v) is 4.74. The van der Waals surface area contributed by atoms with Crippen molar-refractivity contribution < 1.29 is 4.79 Å². The normalized spacial score (nSPS) is 11.2. The molecule has 26 heavy (non-hydrogen) atoms. The Bertz CT molecular complexity index is 864. The standard InChI is InChI=1S/C21H23N3OS/c1-21(2,3)24-20(25)16-9-11-17(12-10-16)22-14-19-23-13-18(26-19)15-7-5-4-6-8-15/h4-13,22H,14H2,1-3H3,(H,24,25). The first kappa shape index (κ1) is 18.1. The number of anilines is 1. The van der Waals surface area contributed by atoms with E-state index in [0.717, 1.165) is 15.6 Å². The lowest BCUT2D eigenvalue weighted by atomic mass is 10.1. The predicted molar refractivity (Wildman–Crippen MR) is 109 cm³/mol. The highest BCUT2D eigenvalue weighted by Gasteiger charge is 2.15. The molecule has 0 fully saturated rings. The molecule has 4 nitrogen and oxygen atoms in total. The van der Waals surface area contributed by atoms with Crippen molar-refractivity contribution in [2.45, 2.75) is 32.9 Å². The Balaban J connectivity index is 1.59. The van der Waals surface area contributed by atoms with Crippen LogP contribution in [0.3, 0.4) is 0 Å². The van der Waals surface area contributed by atoms with E-state index in [0.29, 0.717) is 12.1 Å². The van der Waals surface area contributed by atoms with E-state index in [-0.39, 0.29) is 11.4 Å². The number of carbonyl (C=O) groups excluding carboxylic acids is 1. The molecule has 0 atom stereocenters. The topological polar surface area (TPSA) is 54.0 Å². The summed E-state index contributed by atoms with van der Waals surface area (Å²) in [5, 5.41) is 7.35. The summed E-state index contributed by atoms with van der Waals surface area (Å²) in [5.41, 5.74) is 2.57. The van der Waals surface area contributed by atoms with E-state index in [1.165, 1.54) is 5.56 Å². The summed E-state index contributed by atoms with van der Waals surface area (Å²) in [6.07, 6.45) is 1.91. The highest BCUT2D eigenvalue weighted by Crippen LogP contribution is 2.26. The molecule has 2 aromatic carbocycles. The Morgan fingerprint density at radius 3 is 2.38 bits per heavy atom. The van der Waals surface area contributed by atoms with E-state index in [4.69, 9.17) is 0 Å². The lowest BCUT2D eigenvalue weighted by Crippen LogP contribution is -2.40. The first-order valence-electron chi connectivity index (χ1n) is 8.57. The molecule has 3 aromatic rings. The zero-order valence-electron chi connectivity index (χ0n) is 15.2. The van der Waals surface area contributed by atoms with Crippen molar-refractivity contribution >= 4 is 22.9 Å². The van der Waals surface area contributed by atoms with E-state index < -0.39 is 0 Å². The Morgan fingerprint density at radius 1 is 1.04 bits per heavy atom. The highest BCUT2D eigenvalue weighted by atomic mass is 32.1. The van der Waals surface area contributed by atoms with Gasteiger partial charge < -0.3 is 10.6 Å². The molecule has 0 saturated carbocycles. The molecular weight excluding hydrogens is 342 g/mol. The SMILES string of the molecule is CC(C)(C)NC(=O)c1ccc(NCc2ncc(-c3ccccc3)s2)cc1. The fourth-order valence-corrected chi connectivity index (χ4v) is 3.32. The molecule has 1 heterocycles. The molecule has 0 aliphatic carbocycles. The van der Waals surface area contributed by atoms with Crippen LogP contribution >= 0.6 is 11.3 Å². The van der Waals surface area contributed by atoms with Crippen LogP contribution in [0, 0.1) is 0 Å². The summed E-state index contributed by atoms with van der Waals surface area (Å²) in [6, 6.07) is 17.8. The van der Waals surface area contributed by atoms with Gasteiger partial charge >= 0.3 is 0 Å². The van der Waals surface area contributed by atoms with Gasteiger partial charge in [-0.05, 0) is 50.6 Å². The summed E-state index contributed by atoms with van der Waals surface area (Å²) in [7, 11) is 0. The van der Waals surface area contributed by atoms with E-state index >= 15 is 0 Å². The van der Waals surface area contributed by atoms with Crippen LogP contribution < -0.4 is 10.6 Å². The summed E-state index contributed by atoms with van der Waals surface area (Å²) in [6.45, 7) is 6.57. The fraction of sp³-hybridized carbons (Fsp3) is 0.238. The van der Waals surface area contributed by atoms with Crippen molar-refractivity contribution in [1.82, 2.24) is 10.3 Å². The van der Waals surface area contributed by atoms with Gasteiger partial charge in [0.1, 0.15) is 5.01 Å². The first-order chi connectivity index (χ1) is 12.4. The molecule has 0 aliphatic rings. The molecule has 5 heteroatoms. The van der Waals surface area contributed by atoms with Crippen molar-refractivity contribution in [3.05, 3.63) is 71.4 Å². The maximum absolute atomic E-state index is 12.1. The van der Waals surface area contributed by atoms with E-state index in [9.17, 15) is 4.79 Å². The van der Waals surface area contributed by atoms with E-state index in [2.05, 4.69) is 27.8 Å². The molecule has 134 valence electrons. The summed E-state index contributed by atoms with van der Waals surface area (Å²) < 4.78 is 0. The van der Waals surface area contributed by atoms with Gasteiger partial charge in [0.05, 0.1) is 11.4 Å². The van der Waals surface area contributed by atoms with Crippen LogP contribution in [0.25, 0.3) is 10.4 Å². The average molecular weight is 366 g/mol. The smallest absolute Gasteiger partial charge is 0.251 e. The van der Waals surface area contributed by atoms with Crippen LogP contribution in [0.2, 0.25) is 0 Å². The summed E-state index contributed by atoms with van der Waals surface area (Å²) in [5.74, 6) is -0.0588. The third-order valence-electron chi connectivity index (χ3n) is 3.69. The second kappa shape index (κ2) is 7.70. The number of thiazole rings is 1. The maximum atomic E-state index is 12.1. The zero-order chi connectivity index (χ0) is 18.6. The van der Waals surface area contributed by atoms with Crippen LogP contribution in [0.1, 0.15) is 36.1 Å². The number of benzene rings is 2. The van der Waals surface area contributed by atoms with E-state index in [1.807, 2.05) is 69.4 Å². The molecule has 3 rings (SSSR count). The van der Waals surface area contributed by atoms with Crippen molar-refractivity contribution in [2.75, 3.05) is 5.32 Å². The quantitative estimate of drug-likeness (QED) is 0.672. The van der Waals surface area contributed by atoms with Crippen LogP contribution in [0.15, 0.2) is 60.8 Å². The average Bonchev–Trinajstić information content (AvgIpc) is 3.09. The molecule has 0 saturated heterocycles. The number of carbonyl (C=O) groups is 1. The van der Waals surface area contributed by atoms with Crippen molar-refractivity contribution in [2.24, 2.45) is 0 Å². The molecule has 0 unspecified atom stereocenters. The van der Waals surface area contributed by atoms with Crippen LogP contribution in [0.4, 0.5) is 5.69 Å². The number of rotatable bonds is 5. The summed E-state index contributed by atoms with van der Waals surface area (Å²) in [4.78, 5) is 17.8. The van der Waals surface area contributed by atoms with Crippen LogP contribution in [-0.4, -0.2) is 16.4 Å². The number of nitrogens with zero attached hydrogens (tertiary/aromatic N) is 1. The minimum Gasteiger partial charge on any atom is -0.379 e. The largest absolute Gasteiger partial charge is 0.379 e. The highest BCUT2D eigenvalue weighted by molar-refractivity contribution is 7.15. The van der Waals surface area contributed by atoms with Gasteiger partial charge in [-0.3, -0.25) is 4.79 Å². The molecule has 1 amide bonds. The Morgan fingerprint density at radius 2 is 1.73 bits per heavy atom. The predicted octanol–water partition coefficient (Wildman–Crippen LogP) is 4.95. The number of aromatic nitrogens is 1. The minimum atomic E-state index is -0.241. The molecule has 0 bridgehead atoms. The van der Waals surface area contributed by atoms with Gasteiger partial charge in [0, 0.05) is 23.0 Å². The van der Waals surface area contributed by atoms with Gasteiger partial charge in [-0.15, -0.1) is 11.3 Å². The van der Waals surface area contributed by atoms with Crippen molar-refractivity contribution in [3.8, 4) is 10.4 Å². The molecule has 0 spiro atoms. The number of nitrogens with one attached hydrogen (secondary N) is 2. The second-order valence-electron chi connectivity index (χ2n) is 7.12. The zero-order valence-corrected chi connectivity index (χ0v) is 16.1. The minimum absolute atomic E-state index is 0.0588. The lowest BCUT2D eigenvalue weighted by molar-refractivity contribution is 0.0919. The lowest BCUT2D eigenvalue weighted by Gasteiger charge is -2.20. The van der Waals surface area contributed by atoms with Gasteiger partial charge in [-0.2, -0.15) is 0 Å². The van der Waals surface area contributed by atoms with Gasteiger partial charge in [-0.25, -0.2) is 4.98 Å². The second-order valence-corrected chi connectivity index (χ2v) is 8.23. The summed E-state index contributed by atoms with van der Waals surface area (Å²) >= 11 is 1.68. The number of hydrogen-bond acceptors (Lipinski definition) is 4. The van der Waals surface area contributed by atoms with Gasteiger partial charge in [0.25, 0.3) is 5.91 Å². The van der Waals surface area contributed by atoms with E-state index in [1.54, 1.807) is 11.3 Å². The first-order valence-corrected chi connectivity index (χ1v) is 9.39. The van der Waals surface area contributed by atoms with Crippen LogP contribution in [-0.2, 0) is 6.54 Å². The van der Waals surface area contributed by atoms with Crippen molar-refractivity contribution in [1.29, 1.82) is 0 Å². The maximum Gasteiger partial charge on any atom is 0.251 e. The van der Waals surface area contributed by atoms with Gasteiger partial charge in [0.2, 0.25) is 0 Å². The number of amides is 1. The van der Waals surface area contributed by atoms with Gasteiger partial charge in [0.15, 0.2) is 0 Å². The van der Waals surface area contributed by atoms with Crippen LogP contribution in [0.5, 0.6) is 0 Å². The number of hydrogen-bond donors (Lipinski definition) is 2. The Kier molecular flexibility index (Phi) is 5.38. The molecular formula is C21H23N3OS. The molecule has 2 N–H and O–H groups in total.